The van der Waals surface area contributed by atoms with E-state index in [1.807, 2.05) is 24.4 Å². The highest BCUT2D eigenvalue weighted by Crippen LogP contribution is 2.18. The molecule has 0 aliphatic carbocycles. The molecule has 2 aliphatic heterocycles. The summed E-state index contributed by atoms with van der Waals surface area (Å²) in [5, 5.41) is 15.3. The lowest BCUT2D eigenvalue weighted by molar-refractivity contribution is 0.0587. The van der Waals surface area contributed by atoms with Gasteiger partial charge in [0.05, 0.1) is 39.3 Å². The molecule has 13 nitrogen and oxygen atoms in total. The Hall–Kier alpha value is -3.62. The Kier molecular flexibility index (Phi) is 10.2. The Balaban J connectivity index is 0.000000154. The van der Waals surface area contributed by atoms with Gasteiger partial charge in [-0.25, -0.2) is 18.6 Å². The Labute approximate surface area is 233 Å². The van der Waals surface area contributed by atoms with Gasteiger partial charge in [-0.1, -0.05) is 10.4 Å². The van der Waals surface area contributed by atoms with Crippen LogP contribution in [0.4, 0.5) is 5.69 Å². The van der Waals surface area contributed by atoms with E-state index in [4.69, 9.17) is 9.47 Å². The van der Waals surface area contributed by atoms with Gasteiger partial charge in [-0.15, -0.1) is 10.2 Å². The van der Waals surface area contributed by atoms with Crippen LogP contribution in [0.3, 0.4) is 0 Å². The maximum atomic E-state index is 11.5. The fraction of sp³-hybridized carbons (Fsp3) is 0.440. The van der Waals surface area contributed by atoms with Crippen molar-refractivity contribution in [1.82, 2.24) is 29.7 Å². The molecule has 2 aliphatic rings. The zero-order chi connectivity index (χ0) is 27.6. The van der Waals surface area contributed by atoms with Crippen LogP contribution < -0.4 is 4.90 Å². The monoisotopic (exact) mass is 603 g/mol. The van der Waals surface area contributed by atoms with Gasteiger partial charge in [0, 0.05) is 37.0 Å². The van der Waals surface area contributed by atoms with Crippen molar-refractivity contribution in [2.75, 3.05) is 58.6 Å². The van der Waals surface area contributed by atoms with Crippen molar-refractivity contribution in [3.05, 3.63) is 52.5 Å². The minimum atomic E-state index is -0.484. The lowest BCUT2D eigenvalue weighted by Crippen LogP contribution is -2.36. The Morgan fingerprint density at radius 1 is 0.769 bits per heavy atom. The summed E-state index contributed by atoms with van der Waals surface area (Å²) in [4.78, 5) is 24.9. The maximum absolute atomic E-state index is 11.5. The van der Waals surface area contributed by atoms with Gasteiger partial charge in [0.2, 0.25) is 0 Å². The van der Waals surface area contributed by atoms with Crippen molar-refractivity contribution in [1.29, 1.82) is 0 Å². The van der Waals surface area contributed by atoms with Crippen molar-refractivity contribution < 1.29 is 28.5 Å². The Morgan fingerprint density at radius 3 is 1.82 bits per heavy atom. The van der Waals surface area contributed by atoms with Crippen molar-refractivity contribution in [2.45, 2.75) is 19.3 Å². The van der Waals surface area contributed by atoms with E-state index >= 15 is 0 Å². The number of hydrogen-bond acceptors (Lipinski definition) is 11. The molecule has 2 saturated heterocycles. The van der Waals surface area contributed by atoms with Crippen LogP contribution in [0, 0.1) is 0 Å². The SMILES string of the molecule is C1CCOCC1.COC(=O)c1nnn2cc(Br)ccc12.COC(=O)c1nnn2cc(N3CCOCC3)ccc12. The molecule has 14 heteroatoms. The number of ether oxygens (including phenoxy) is 4. The van der Waals surface area contributed by atoms with Crippen molar-refractivity contribution in [2.24, 2.45) is 0 Å². The van der Waals surface area contributed by atoms with Gasteiger partial charge in [-0.3, -0.25) is 0 Å². The Bertz CT molecular complexity index is 1390. The van der Waals surface area contributed by atoms with Gasteiger partial charge in [-0.05, 0) is 59.5 Å². The molecule has 0 amide bonds. The number of pyridine rings is 2. The van der Waals surface area contributed by atoms with Crippen LogP contribution >= 0.6 is 15.9 Å². The van der Waals surface area contributed by atoms with Crippen LogP contribution in [0.5, 0.6) is 0 Å². The van der Waals surface area contributed by atoms with Crippen LogP contribution in [0.1, 0.15) is 40.2 Å². The van der Waals surface area contributed by atoms with Gasteiger partial charge in [0.15, 0.2) is 11.4 Å². The van der Waals surface area contributed by atoms with Gasteiger partial charge in [-0.2, -0.15) is 0 Å². The third-order valence-corrected chi connectivity index (χ3v) is 6.45. The summed E-state index contributed by atoms with van der Waals surface area (Å²) in [6, 6.07) is 7.34. The number of esters is 2. The van der Waals surface area contributed by atoms with Crippen LogP contribution in [0.2, 0.25) is 0 Å². The highest BCUT2D eigenvalue weighted by Gasteiger charge is 2.17. The molecule has 6 rings (SSSR count). The fourth-order valence-electron chi connectivity index (χ4n) is 3.93. The minimum Gasteiger partial charge on any atom is -0.464 e. The van der Waals surface area contributed by atoms with E-state index in [-0.39, 0.29) is 11.4 Å². The predicted molar refractivity (Wildman–Crippen MR) is 144 cm³/mol. The first-order valence-corrected chi connectivity index (χ1v) is 13.2. The smallest absolute Gasteiger partial charge is 0.360 e. The number of morpholine rings is 1. The number of halogens is 1. The molecule has 0 radical (unpaired) electrons. The minimum absolute atomic E-state index is 0.222. The Morgan fingerprint density at radius 2 is 1.31 bits per heavy atom. The van der Waals surface area contributed by atoms with Gasteiger partial charge in [0.25, 0.3) is 0 Å². The highest BCUT2D eigenvalue weighted by atomic mass is 79.9. The van der Waals surface area contributed by atoms with Gasteiger partial charge >= 0.3 is 11.9 Å². The second kappa shape index (κ2) is 14.0. The largest absolute Gasteiger partial charge is 0.464 e. The molecule has 4 aromatic rings. The molecular weight excluding hydrogens is 574 g/mol. The van der Waals surface area contributed by atoms with Crippen molar-refractivity contribution in [3.63, 3.8) is 0 Å². The molecule has 2 fully saturated rings. The van der Waals surface area contributed by atoms with Crippen LogP contribution in [0.25, 0.3) is 11.0 Å². The number of methoxy groups -OCH3 is 2. The number of nitrogens with zero attached hydrogens (tertiary/aromatic N) is 7. The summed E-state index contributed by atoms with van der Waals surface area (Å²) in [7, 11) is 2.64. The number of aromatic nitrogens is 6. The standard InChI is InChI=1S/C12H14N4O3.C8H6BrN3O2.C5H10O/c1-18-12(17)11-10-3-2-9(8-16(10)14-13-11)15-4-6-19-7-5-15;1-14-8(13)7-6-3-2-5(9)4-12(6)11-10-7;1-2-4-6-5-3-1/h2-3,8H,4-7H2,1H3;2-4H,1H3;1-5H2. The number of rotatable bonds is 3. The van der Waals surface area contributed by atoms with E-state index in [1.54, 1.807) is 16.8 Å². The topological polar surface area (TPSA) is 135 Å². The van der Waals surface area contributed by atoms with Crippen molar-refractivity contribution >= 4 is 44.6 Å². The summed E-state index contributed by atoms with van der Waals surface area (Å²) < 4.78 is 23.6. The van der Waals surface area contributed by atoms with Crippen molar-refractivity contribution in [3.8, 4) is 0 Å². The number of fused-ring (bicyclic) bond motifs is 2. The molecule has 4 aromatic heterocycles. The number of hydrogen-bond donors (Lipinski definition) is 0. The number of carbonyl (C=O) groups is 2. The summed E-state index contributed by atoms with van der Waals surface area (Å²) >= 11 is 3.29. The lowest BCUT2D eigenvalue weighted by Gasteiger charge is -2.28. The molecule has 0 N–H and O–H groups in total. The number of carbonyl (C=O) groups excluding carboxylic acids is 2. The molecule has 6 heterocycles. The van der Waals surface area contributed by atoms with E-state index in [1.165, 1.54) is 38.0 Å². The predicted octanol–water partition coefficient (Wildman–Crippen LogP) is 2.82. The normalized spacial score (nSPS) is 15.1. The molecule has 0 aromatic carbocycles. The third-order valence-electron chi connectivity index (χ3n) is 5.98. The molecule has 0 bridgehead atoms. The fourth-order valence-corrected chi connectivity index (χ4v) is 4.26. The summed E-state index contributed by atoms with van der Waals surface area (Å²) in [6.07, 6.45) is 7.51. The maximum Gasteiger partial charge on any atom is 0.360 e. The van der Waals surface area contributed by atoms with Crippen LogP contribution in [-0.2, 0) is 18.9 Å². The zero-order valence-corrected chi connectivity index (χ0v) is 23.4. The van der Waals surface area contributed by atoms with Gasteiger partial charge in [0.1, 0.15) is 11.0 Å². The van der Waals surface area contributed by atoms with E-state index < -0.39 is 11.9 Å². The average molecular weight is 604 g/mol. The molecule has 0 unspecified atom stereocenters. The molecule has 0 saturated carbocycles. The number of anilines is 1. The first-order chi connectivity index (χ1) is 19.0. The highest BCUT2D eigenvalue weighted by molar-refractivity contribution is 9.10. The molecule has 0 atom stereocenters. The summed E-state index contributed by atoms with van der Waals surface area (Å²) in [5.41, 5.74) is 2.76. The zero-order valence-electron chi connectivity index (χ0n) is 21.8. The second-order valence-electron chi connectivity index (χ2n) is 8.53. The molecular formula is C25H30BrN7O6. The summed E-state index contributed by atoms with van der Waals surface area (Å²) in [5.74, 6) is -0.962. The van der Waals surface area contributed by atoms with E-state index in [2.05, 4.69) is 50.9 Å². The second-order valence-corrected chi connectivity index (χ2v) is 9.44. The molecule has 39 heavy (non-hydrogen) atoms. The van der Waals surface area contributed by atoms with Crippen LogP contribution in [-0.4, -0.2) is 95.3 Å². The molecule has 0 spiro atoms. The van der Waals surface area contributed by atoms with E-state index in [0.29, 0.717) is 11.0 Å². The van der Waals surface area contributed by atoms with Crippen LogP contribution in [0.15, 0.2) is 41.1 Å². The van der Waals surface area contributed by atoms with E-state index in [9.17, 15) is 9.59 Å². The molecule has 208 valence electrons. The average Bonchev–Trinajstić information content (AvgIpc) is 3.62. The van der Waals surface area contributed by atoms with Gasteiger partial charge < -0.3 is 23.8 Å². The first-order valence-electron chi connectivity index (χ1n) is 12.4. The third kappa shape index (κ3) is 7.28. The quantitative estimate of drug-likeness (QED) is 0.320. The first kappa shape index (κ1) is 28.4. The summed E-state index contributed by atoms with van der Waals surface area (Å²) in [6.45, 7) is 5.15. The van der Waals surface area contributed by atoms with E-state index in [0.717, 1.165) is 49.7 Å². The lowest BCUT2D eigenvalue weighted by atomic mass is 10.2.